The third-order valence-corrected chi connectivity index (χ3v) is 4.73. The van der Waals surface area contributed by atoms with E-state index < -0.39 is 6.04 Å². The predicted molar refractivity (Wildman–Crippen MR) is 87.0 cm³/mol. The van der Waals surface area contributed by atoms with Crippen LogP contribution in [0.4, 0.5) is 4.39 Å². The molecule has 0 aliphatic rings. The SMILES string of the molecule is NC(c1cc(Br)cc(Br)c1)c1cc(Cl)c(Br)cc1F. The lowest BCUT2D eigenvalue weighted by Gasteiger charge is -2.15. The van der Waals surface area contributed by atoms with Gasteiger partial charge in [-0.2, -0.15) is 0 Å². The molecular weight excluding hydrogens is 464 g/mol. The first-order chi connectivity index (χ1) is 8.88. The molecule has 6 heteroatoms. The van der Waals surface area contributed by atoms with Crippen LogP contribution in [-0.4, -0.2) is 0 Å². The highest BCUT2D eigenvalue weighted by Crippen LogP contribution is 2.32. The van der Waals surface area contributed by atoms with Gasteiger partial charge in [0.25, 0.3) is 0 Å². The van der Waals surface area contributed by atoms with Crippen molar-refractivity contribution in [1.29, 1.82) is 0 Å². The number of hydrogen-bond acceptors (Lipinski definition) is 1. The first-order valence-corrected chi connectivity index (χ1v) is 8.00. The van der Waals surface area contributed by atoms with Gasteiger partial charge in [0.1, 0.15) is 5.82 Å². The van der Waals surface area contributed by atoms with E-state index >= 15 is 0 Å². The monoisotopic (exact) mass is 469 g/mol. The Balaban J connectivity index is 2.49. The lowest BCUT2D eigenvalue weighted by atomic mass is 9.99. The summed E-state index contributed by atoms with van der Waals surface area (Å²) in [6, 6.07) is 7.88. The average molecular weight is 472 g/mol. The Hall–Kier alpha value is 0.0600. The molecule has 2 N–H and O–H groups in total. The van der Waals surface area contributed by atoms with Crippen molar-refractivity contribution in [2.45, 2.75) is 6.04 Å². The Morgan fingerprint density at radius 3 is 2.16 bits per heavy atom. The van der Waals surface area contributed by atoms with Crippen LogP contribution in [0.15, 0.2) is 43.7 Å². The molecule has 0 heterocycles. The first-order valence-electron chi connectivity index (χ1n) is 5.24. The largest absolute Gasteiger partial charge is 0.320 e. The van der Waals surface area contributed by atoms with Crippen molar-refractivity contribution < 1.29 is 4.39 Å². The van der Waals surface area contributed by atoms with Crippen LogP contribution in [0.25, 0.3) is 0 Å². The van der Waals surface area contributed by atoms with Gasteiger partial charge in [-0.3, -0.25) is 0 Å². The molecule has 0 aliphatic heterocycles. The van der Waals surface area contributed by atoms with Crippen LogP contribution in [0.2, 0.25) is 5.02 Å². The average Bonchev–Trinajstić information content (AvgIpc) is 2.31. The van der Waals surface area contributed by atoms with E-state index in [-0.39, 0.29) is 5.82 Å². The molecule has 1 atom stereocenters. The van der Waals surface area contributed by atoms with E-state index in [1.807, 2.05) is 18.2 Å². The summed E-state index contributed by atoms with van der Waals surface area (Å²) in [5, 5.41) is 0.431. The van der Waals surface area contributed by atoms with Crippen molar-refractivity contribution in [3.8, 4) is 0 Å². The van der Waals surface area contributed by atoms with Crippen molar-refractivity contribution in [2.75, 3.05) is 0 Å². The van der Waals surface area contributed by atoms with Crippen LogP contribution < -0.4 is 5.73 Å². The maximum atomic E-state index is 14.0. The van der Waals surface area contributed by atoms with Gasteiger partial charge < -0.3 is 5.73 Å². The Kier molecular flexibility index (Phi) is 5.06. The quantitative estimate of drug-likeness (QED) is 0.549. The van der Waals surface area contributed by atoms with E-state index in [1.165, 1.54) is 6.07 Å². The molecule has 2 rings (SSSR count). The number of halogens is 5. The van der Waals surface area contributed by atoms with E-state index in [0.29, 0.717) is 15.1 Å². The predicted octanol–water partition coefficient (Wildman–Crippen LogP) is 5.81. The van der Waals surface area contributed by atoms with Crippen LogP contribution in [0, 0.1) is 5.82 Å². The van der Waals surface area contributed by atoms with Crippen molar-refractivity contribution in [1.82, 2.24) is 0 Å². The van der Waals surface area contributed by atoms with Crippen LogP contribution in [0.5, 0.6) is 0 Å². The van der Waals surface area contributed by atoms with Gasteiger partial charge in [-0.25, -0.2) is 4.39 Å². The highest BCUT2D eigenvalue weighted by molar-refractivity contribution is 9.11. The molecule has 0 amide bonds. The molecule has 0 radical (unpaired) electrons. The molecule has 0 saturated carbocycles. The first kappa shape index (κ1) is 15.4. The molecule has 19 heavy (non-hydrogen) atoms. The maximum absolute atomic E-state index is 14.0. The molecule has 0 bridgehead atoms. The van der Waals surface area contributed by atoms with Gasteiger partial charge in [-0.15, -0.1) is 0 Å². The fraction of sp³-hybridized carbons (Fsp3) is 0.0769. The summed E-state index contributed by atoms with van der Waals surface area (Å²) in [5.41, 5.74) is 7.27. The molecule has 100 valence electrons. The summed E-state index contributed by atoms with van der Waals surface area (Å²) >= 11 is 15.9. The summed E-state index contributed by atoms with van der Waals surface area (Å²) in [6.45, 7) is 0. The number of rotatable bonds is 2. The third-order valence-electron chi connectivity index (χ3n) is 2.62. The van der Waals surface area contributed by atoms with Crippen molar-refractivity contribution >= 4 is 59.4 Å². The second kappa shape index (κ2) is 6.22. The van der Waals surface area contributed by atoms with E-state index in [2.05, 4.69) is 47.8 Å². The fourth-order valence-corrected chi connectivity index (χ4v) is 3.53. The van der Waals surface area contributed by atoms with Crippen molar-refractivity contribution in [3.05, 3.63) is 65.7 Å². The molecule has 2 aromatic carbocycles. The van der Waals surface area contributed by atoms with E-state index in [9.17, 15) is 4.39 Å². The number of nitrogens with two attached hydrogens (primary N) is 1. The molecular formula is C13H8Br3ClFN. The van der Waals surface area contributed by atoms with Crippen LogP contribution in [-0.2, 0) is 0 Å². The molecule has 0 aliphatic carbocycles. The summed E-state index contributed by atoms with van der Waals surface area (Å²) in [4.78, 5) is 0. The highest BCUT2D eigenvalue weighted by Gasteiger charge is 2.16. The Morgan fingerprint density at radius 1 is 1.00 bits per heavy atom. The summed E-state index contributed by atoms with van der Waals surface area (Å²) in [7, 11) is 0. The second-order valence-electron chi connectivity index (χ2n) is 3.97. The summed E-state index contributed by atoms with van der Waals surface area (Å²) in [5.74, 6) is -0.389. The van der Waals surface area contributed by atoms with Gasteiger partial charge in [0.05, 0.1) is 11.1 Å². The van der Waals surface area contributed by atoms with Gasteiger partial charge >= 0.3 is 0 Å². The van der Waals surface area contributed by atoms with E-state index in [0.717, 1.165) is 14.5 Å². The minimum absolute atomic E-state index is 0.359. The van der Waals surface area contributed by atoms with Gasteiger partial charge in [0.15, 0.2) is 0 Å². The zero-order valence-electron chi connectivity index (χ0n) is 9.43. The van der Waals surface area contributed by atoms with Crippen molar-refractivity contribution in [3.63, 3.8) is 0 Å². The minimum atomic E-state index is -0.584. The Bertz CT molecular complexity index is 613. The van der Waals surface area contributed by atoms with Crippen LogP contribution in [0.3, 0.4) is 0 Å². The fourth-order valence-electron chi connectivity index (χ4n) is 1.71. The van der Waals surface area contributed by atoms with E-state index in [1.54, 1.807) is 6.07 Å². The smallest absolute Gasteiger partial charge is 0.129 e. The molecule has 1 nitrogen and oxygen atoms in total. The molecule has 0 spiro atoms. The molecule has 1 unspecified atom stereocenters. The topological polar surface area (TPSA) is 26.0 Å². The number of hydrogen-bond donors (Lipinski definition) is 1. The molecule has 0 aromatic heterocycles. The zero-order valence-corrected chi connectivity index (χ0v) is 14.9. The van der Waals surface area contributed by atoms with Crippen LogP contribution >= 0.6 is 59.4 Å². The van der Waals surface area contributed by atoms with Gasteiger partial charge in [-0.05, 0) is 51.8 Å². The summed E-state index contributed by atoms with van der Waals surface area (Å²) < 4.78 is 16.2. The standard InChI is InChI=1S/C13H8Br3ClFN/c14-7-1-6(2-8(15)3-7)13(19)9-4-11(17)10(16)5-12(9)18/h1-5,13H,19H2. The second-order valence-corrected chi connectivity index (χ2v) is 7.06. The molecule has 0 saturated heterocycles. The minimum Gasteiger partial charge on any atom is -0.320 e. The molecule has 2 aromatic rings. The van der Waals surface area contributed by atoms with Crippen LogP contribution in [0.1, 0.15) is 17.2 Å². The van der Waals surface area contributed by atoms with Gasteiger partial charge in [0, 0.05) is 19.0 Å². The lowest BCUT2D eigenvalue weighted by molar-refractivity contribution is 0.599. The van der Waals surface area contributed by atoms with Crippen molar-refractivity contribution in [2.24, 2.45) is 5.73 Å². The van der Waals surface area contributed by atoms with Gasteiger partial charge in [-0.1, -0.05) is 43.5 Å². The lowest BCUT2D eigenvalue weighted by Crippen LogP contribution is -2.14. The Labute approximate surface area is 140 Å². The zero-order chi connectivity index (χ0) is 14.2. The van der Waals surface area contributed by atoms with E-state index in [4.69, 9.17) is 17.3 Å². The molecule has 0 fully saturated rings. The third kappa shape index (κ3) is 3.58. The maximum Gasteiger partial charge on any atom is 0.129 e. The number of benzene rings is 2. The normalized spacial score (nSPS) is 12.5. The van der Waals surface area contributed by atoms with Gasteiger partial charge in [0.2, 0.25) is 0 Å². The Morgan fingerprint density at radius 2 is 1.58 bits per heavy atom. The summed E-state index contributed by atoms with van der Waals surface area (Å²) in [6.07, 6.45) is 0. The highest BCUT2D eigenvalue weighted by atomic mass is 79.9.